The van der Waals surface area contributed by atoms with Gasteiger partial charge in [-0.1, -0.05) is 60.2 Å². The Kier molecular flexibility index (Phi) is 4.92. The van der Waals surface area contributed by atoms with E-state index in [9.17, 15) is 8.42 Å². The summed E-state index contributed by atoms with van der Waals surface area (Å²) in [6.45, 7) is 1.88. The van der Waals surface area contributed by atoms with Crippen molar-refractivity contribution in [2.75, 3.05) is 0 Å². The van der Waals surface area contributed by atoms with E-state index < -0.39 is 9.84 Å². The molecule has 0 aliphatic rings. The average molecular weight is 309 g/mol. The largest absolute Gasteiger partial charge is 0.218 e. The summed E-state index contributed by atoms with van der Waals surface area (Å²) >= 11 is 0. The first kappa shape index (κ1) is 15.7. The van der Waals surface area contributed by atoms with Crippen molar-refractivity contribution in [3.8, 4) is 6.07 Å². The molecule has 22 heavy (non-hydrogen) atoms. The molecule has 0 unspecified atom stereocenters. The fourth-order valence-corrected chi connectivity index (χ4v) is 2.97. The van der Waals surface area contributed by atoms with Crippen molar-refractivity contribution in [1.82, 2.24) is 0 Å². The van der Waals surface area contributed by atoms with Crippen LogP contribution in [0.3, 0.4) is 0 Å². The monoisotopic (exact) mass is 309 g/mol. The number of allylic oxidation sites excluding steroid dienone is 3. The summed E-state index contributed by atoms with van der Waals surface area (Å²) in [6, 6.07) is 17.7. The number of rotatable bonds is 4. The minimum absolute atomic E-state index is 0.124. The number of aryl methyl sites for hydroxylation is 1. The molecule has 110 valence electrons. The Morgan fingerprint density at radius 2 is 1.68 bits per heavy atom. The molecule has 2 aromatic carbocycles. The fraction of sp³-hybridized carbons (Fsp3) is 0.0556. The Morgan fingerprint density at radius 1 is 1.05 bits per heavy atom. The summed E-state index contributed by atoms with van der Waals surface area (Å²) in [5, 5.41) is 9.14. The van der Waals surface area contributed by atoms with E-state index in [0.29, 0.717) is 0 Å². The first-order chi connectivity index (χ1) is 10.5. The predicted molar refractivity (Wildman–Crippen MR) is 87.5 cm³/mol. The Labute approximate surface area is 130 Å². The van der Waals surface area contributed by atoms with Crippen molar-refractivity contribution in [2.45, 2.75) is 11.8 Å². The molecule has 0 atom stereocenters. The van der Waals surface area contributed by atoms with Crippen molar-refractivity contribution in [3.63, 3.8) is 0 Å². The lowest BCUT2D eigenvalue weighted by molar-refractivity contribution is 0.603. The molecular weight excluding hydrogens is 294 g/mol. The maximum absolute atomic E-state index is 12.4. The van der Waals surface area contributed by atoms with Crippen LogP contribution in [0.2, 0.25) is 0 Å². The standard InChI is InChI=1S/C18H15NO2S/c1-15-10-12-17(13-11-15)22(20,21)18(14-19)9-5-8-16-6-3-2-4-7-16/h2-13H,1H3. The van der Waals surface area contributed by atoms with Gasteiger partial charge in [0.2, 0.25) is 9.84 Å². The number of hydrogen-bond acceptors (Lipinski definition) is 3. The summed E-state index contributed by atoms with van der Waals surface area (Å²) in [4.78, 5) is -0.150. The minimum Gasteiger partial charge on any atom is -0.218 e. The third-order valence-corrected chi connectivity index (χ3v) is 4.77. The molecule has 0 radical (unpaired) electrons. The summed E-state index contributed by atoms with van der Waals surface area (Å²) < 4.78 is 24.8. The van der Waals surface area contributed by atoms with E-state index in [4.69, 9.17) is 5.26 Å². The summed E-state index contributed by atoms with van der Waals surface area (Å²) in [5.41, 5.74) is 1.90. The average Bonchev–Trinajstić information content (AvgIpc) is 2.53. The third-order valence-electron chi connectivity index (χ3n) is 3.07. The molecule has 3 nitrogen and oxygen atoms in total. The van der Waals surface area contributed by atoms with Crippen molar-refractivity contribution >= 4 is 15.9 Å². The Hall–Kier alpha value is -2.64. The van der Waals surface area contributed by atoms with Crippen LogP contribution in [-0.4, -0.2) is 8.42 Å². The SMILES string of the molecule is Cc1ccc(S(=O)(=O)C(C#N)=CC=Cc2ccccc2)cc1. The van der Waals surface area contributed by atoms with Gasteiger partial charge in [0.25, 0.3) is 0 Å². The smallest absolute Gasteiger partial charge is 0.216 e. The van der Waals surface area contributed by atoms with Gasteiger partial charge in [0.05, 0.1) is 4.90 Å². The maximum Gasteiger partial charge on any atom is 0.216 e. The van der Waals surface area contributed by atoms with E-state index in [1.54, 1.807) is 30.4 Å². The molecule has 2 rings (SSSR count). The summed E-state index contributed by atoms with van der Waals surface area (Å²) in [6.07, 6.45) is 4.64. The molecule has 0 spiro atoms. The molecule has 0 bridgehead atoms. The Morgan fingerprint density at radius 3 is 2.27 bits per heavy atom. The third kappa shape index (κ3) is 3.72. The minimum atomic E-state index is -3.77. The molecule has 0 saturated carbocycles. The fourth-order valence-electron chi connectivity index (χ4n) is 1.84. The zero-order valence-corrected chi connectivity index (χ0v) is 12.9. The lowest BCUT2D eigenvalue weighted by Crippen LogP contribution is -2.03. The van der Waals surface area contributed by atoms with Crippen LogP contribution in [0.15, 0.2) is 76.5 Å². The number of nitrogens with zero attached hydrogens (tertiary/aromatic N) is 1. The highest BCUT2D eigenvalue weighted by atomic mass is 32.2. The van der Waals surface area contributed by atoms with Gasteiger partial charge in [0.15, 0.2) is 0 Å². The second kappa shape index (κ2) is 6.88. The lowest BCUT2D eigenvalue weighted by Gasteiger charge is -2.02. The normalized spacial score (nSPS) is 12.3. The second-order valence-electron chi connectivity index (χ2n) is 4.73. The molecular formula is C18H15NO2S. The highest BCUT2D eigenvalue weighted by Gasteiger charge is 2.19. The number of hydrogen-bond donors (Lipinski definition) is 0. The zero-order valence-electron chi connectivity index (χ0n) is 12.1. The molecule has 0 heterocycles. The highest BCUT2D eigenvalue weighted by Crippen LogP contribution is 2.19. The van der Waals surface area contributed by atoms with Crippen LogP contribution in [0.5, 0.6) is 0 Å². The van der Waals surface area contributed by atoms with Crippen molar-refractivity contribution in [1.29, 1.82) is 5.26 Å². The van der Waals surface area contributed by atoms with Crippen LogP contribution in [0.1, 0.15) is 11.1 Å². The number of nitriles is 1. The highest BCUT2D eigenvalue weighted by molar-refractivity contribution is 7.95. The first-order valence-electron chi connectivity index (χ1n) is 6.69. The quantitative estimate of drug-likeness (QED) is 0.636. The van der Waals surface area contributed by atoms with Crippen LogP contribution >= 0.6 is 0 Å². The van der Waals surface area contributed by atoms with Gasteiger partial charge >= 0.3 is 0 Å². The van der Waals surface area contributed by atoms with E-state index >= 15 is 0 Å². The predicted octanol–water partition coefficient (Wildman–Crippen LogP) is 3.89. The topological polar surface area (TPSA) is 57.9 Å². The van der Waals surface area contributed by atoms with E-state index in [1.165, 1.54) is 18.2 Å². The van der Waals surface area contributed by atoms with Crippen LogP contribution in [0, 0.1) is 18.3 Å². The van der Waals surface area contributed by atoms with Gasteiger partial charge in [-0.3, -0.25) is 0 Å². The van der Waals surface area contributed by atoms with E-state index in [1.807, 2.05) is 37.3 Å². The van der Waals surface area contributed by atoms with Crippen LogP contribution in [-0.2, 0) is 9.84 Å². The molecule has 0 saturated heterocycles. The molecule has 2 aromatic rings. The van der Waals surface area contributed by atoms with Crippen LogP contribution in [0.4, 0.5) is 0 Å². The van der Waals surface area contributed by atoms with Gasteiger partial charge in [0, 0.05) is 0 Å². The van der Waals surface area contributed by atoms with Gasteiger partial charge < -0.3 is 0 Å². The molecule has 0 fully saturated rings. The van der Waals surface area contributed by atoms with Gasteiger partial charge in [-0.15, -0.1) is 0 Å². The van der Waals surface area contributed by atoms with Crippen molar-refractivity contribution < 1.29 is 8.42 Å². The molecule has 0 aliphatic heterocycles. The Bertz CT molecular complexity index is 840. The maximum atomic E-state index is 12.4. The van der Waals surface area contributed by atoms with Gasteiger partial charge in [0.1, 0.15) is 11.0 Å². The van der Waals surface area contributed by atoms with E-state index in [0.717, 1.165) is 11.1 Å². The van der Waals surface area contributed by atoms with E-state index in [-0.39, 0.29) is 9.80 Å². The summed E-state index contributed by atoms with van der Waals surface area (Å²) in [7, 11) is -3.77. The van der Waals surface area contributed by atoms with Crippen LogP contribution in [0.25, 0.3) is 6.08 Å². The van der Waals surface area contributed by atoms with Crippen molar-refractivity contribution in [3.05, 3.63) is 82.8 Å². The van der Waals surface area contributed by atoms with Crippen LogP contribution < -0.4 is 0 Å². The zero-order chi connectivity index (χ0) is 16.0. The second-order valence-corrected chi connectivity index (χ2v) is 6.65. The molecule has 0 aliphatic carbocycles. The lowest BCUT2D eigenvalue weighted by atomic mass is 10.2. The molecule has 0 N–H and O–H groups in total. The molecule has 0 aromatic heterocycles. The van der Waals surface area contributed by atoms with Gasteiger partial charge in [-0.25, -0.2) is 8.42 Å². The first-order valence-corrected chi connectivity index (χ1v) is 8.17. The van der Waals surface area contributed by atoms with Gasteiger partial charge in [-0.05, 0) is 30.7 Å². The van der Waals surface area contributed by atoms with Crippen molar-refractivity contribution in [2.24, 2.45) is 0 Å². The Balaban J connectivity index is 2.31. The van der Waals surface area contributed by atoms with Gasteiger partial charge in [-0.2, -0.15) is 5.26 Å². The molecule has 4 heteroatoms. The number of sulfone groups is 1. The summed E-state index contributed by atoms with van der Waals surface area (Å²) in [5.74, 6) is 0. The molecule has 0 amide bonds. The number of benzene rings is 2. The van der Waals surface area contributed by atoms with E-state index in [2.05, 4.69) is 0 Å².